The molecule has 2 rings (SSSR count). The molecule has 0 spiro atoms. The quantitative estimate of drug-likeness (QED) is 0.753. The standard InChI is InChI=1S/C11H11BrClN3O2S/c12-8-6-10(11(13)15-7-8)19(17,18)16(5-1-4-14)9-2-3-9/h6-7,9H,1-3,5H2. The molecule has 1 saturated carbocycles. The van der Waals surface area contributed by atoms with E-state index in [1.54, 1.807) is 0 Å². The minimum Gasteiger partial charge on any atom is -0.242 e. The third-order valence-electron chi connectivity index (χ3n) is 2.76. The van der Waals surface area contributed by atoms with Gasteiger partial charge in [0.15, 0.2) is 0 Å². The number of pyridine rings is 1. The fourth-order valence-electron chi connectivity index (χ4n) is 1.73. The number of hydrogen-bond donors (Lipinski definition) is 0. The maximum atomic E-state index is 12.6. The van der Waals surface area contributed by atoms with E-state index >= 15 is 0 Å². The van der Waals surface area contributed by atoms with E-state index in [0.29, 0.717) is 4.47 Å². The Labute approximate surface area is 125 Å². The zero-order valence-electron chi connectivity index (χ0n) is 9.88. The zero-order valence-corrected chi connectivity index (χ0v) is 13.0. The first-order valence-corrected chi connectivity index (χ1v) is 8.27. The van der Waals surface area contributed by atoms with Crippen molar-refractivity contribution >= 4 is 37.6 Å². The summed E-state index contributed by atoms with van der Waals surface area (Å²) in [5.41, 5.74) is 0. The first kappa shape index (κ1) is 14.7. The number of sulfonamides is 1. The lowest BCUT2D eigenvalue weighted by Crippen LogP contribution is -2.34. The van der Waals surface area contributed by atoms with Crippen LogP contribution in [0.5, 0.6) is 0 Å². The molecule has 8 heteroatoms. The van der Waals surface area contributed by atoms with Crippen molar-refractivity contribution in [3.63, 3.8) is 0 Å². The first-order chi connectivity index (χ1) is 8.96. The van der Waals surface area contributed by atoms with Gasteiger partial charge in [-0.25, -0.2) is 13.4 Å². The van der Waals surface area contributed by atoms with E-state index < -0.39 is 10.0 Å². The van der Waals surface area contributed by atoms with Gasteiger partial charge < -0.3 is 0 Å². The van der Waals surface area contributed by atoms with Crippen LogP contribution >= 0.6 is 27.5 Å². The van der Waals surface area contributed by atoms with E-state index in [9.17, 15) is 8.42 Å². The molecule has 5 nitrogen and oxygen atoms in total. The van der Waals surface area contributed by atoms with Crippen LogP contribution in [0.15, 0.2) is 21.6 Å². The fourth-order valence-corrected chi connectivity index (χ4v) is 4.34. The average Bonchev–Trinajstić information content (AvgIpc) is 3.17. The van der Waals surface area contributed by atoms with Gasteiger partial charge in [0.2, 0.25) is 10.0 Å². The molecule has 1 fully saturated rings. The van der Waals surface area contributed by atoms with Crippen LogP contribution in [0.4, 0.5) is 0 Å². The molecule has 1 aromatic heterocycles. The Hall–Kier alpha value is -0.680. The van der Waals surface area contributed by atoms with Gasteiger partial charge in [-0.2, -0.15) is 9.57 Å². The minimum absolute atomic E-state index is 0.0200. The summed E-state index contributed by atoms with van der Waals surface area (Å²) in [5.74, 6) is 0. The molecule has 0 aromatic carbocycles. The molecule has 19 heavy (non-hydrogen) atoms. The van der Waals surface area contributed by atoms with Gasteiger partial charge in [0, 0.05) is 29.7 Å². The summed E-state index contributed by atoms with van der Waals surface area (Å²) < 4.78 is 27.0. The van der Waals surface area contributed by atoms with Crippen molar-refractivity contribution in [2.24, 2.45) is 0 Å². The number of nitriles is 1. The lowest BCUT2D eigenvalue weighted by molar-refractivity contribution is 0.410. The van der Waals surface area contributed by atoms with Gasteiger partial charge in [-0.15, -0.1) is 0 Å². The molecular weight excluding hydrogens is 354 g/mol. The van der Waals surface area contributed by atoms with Gasteiger partial charge in [-0.05, 0) is 34.8 Å². The van der Waals surface area contributed by atoms with Crippen LogP contribution in [-0.4, -0.2) is 30.3 Å². The molecule has 0 N–H and O–H groups in total. The second-order valence-corrected chi connectivity index (χ2v) is 7.33. The molecule has 0 aliphatic heterocycles. The largest absolute Gasteiger partial charge is 0.246 e. The molecule has 0 bridgehead atoms. The number of rotatable bonds is 5. The van der Waals surface area contributed by atoms with Crippen molar-refractivity contribution in [1.82, 2.24) is 9.29 Å². The lowest BCUT2D eigenvalue weighted by atomic mass is 10.4. The van der Waals surface area contributed by atoms with E-state index in [1.807, 2.05) is 6.07 Å². The second kappa shape index (κ2) is 5.75. The SMILES string of the molecule is N#CCCN(C1CC1)S(=O)(=O)c1cc(Br)cnc1Cl. The topological polar surface area (TPSA) is 74.1 Å². The summed E-state index contributed by atoms with van der Waals surface area (Å²) in [6.07, 6.45) is 3.25. The number of aromatic nitrogens is 1. The van der Waals surface area contributed by atoms with Gasteiger partial charge in [-0.1, -0.05) is 11.6 Å². The van der Waals surface area contributed by atoms with E-state index in [4.69, 9.17) is 16.9 Å². The molecular formula is C11H11BrClN3O2S. The summed E-state index contributed by atoms with van der Waals surface area (Å²) >= 11 is 9.07. The van der Waals surface area contributed by atoms with Crippen LogP contribution in [0, 0.1) is 11.3 Å². The van der Waals surface area contributed by atoms with Crippen molar-refractivity contribution in [3.05, 3.63) is 21.9 Å². The molecule has 1 aliphatic rings. The van der Waals surface area contributed by atoms with Crippen LogP contribution in [0.2, 0.25) is 5.15 Å². The molecule has 1 aromatic rings. The van der Waals surface area contributed by atoms with Crippen molar-refractivity contribution in [2.45, 2.75) is 30.2 Å². The second-order valence-electron chi connectivity index (χ2n) is 4.20. The molecule has 1 heterocycles. The smallest absolute Gasteiger partial charge is 0.242 e. The highest BCUT2D eigenvalue weighted by Crippen LogP contribution is 2.34. The Morgan fingerprint density at radius 2 is 2.26 bits per heavy atom. The highest BCUT2D eigenvalue weighted by atomic mass is 79.9. The monoisotopic (exact) mass is 363 g/mol. The van der Waals surface area contributed by atoms with Crippen LogP contribution in [-0.2, 0) is 10.0 Å². The Kier molecular flexibility index (Phi) is 4.46. The van der Waals surface area contributed by atoms with Crippen molar-refractivity contribution in [3.8, 4) is 6.07 Å². The number of halogens is 2. The molecule has 0 radical (unpaired) electrons. The number of nitrogens with zero attached hydrogens (tertiary/aromatic N) is 3. The molecule has 0 saturated heterocycles. The molecule has 0 amide bonds. The van der Waals surface area contributed by atoms with Crippen molar-refractivity contribution < 1.29 is 8.42 Å². The minimum atomic E-state index is -3.71. The predicted molar refractivity (Wildman–Crippen MR) is 74.1 cm³/mol. The molecule has 0 atom stereocenters. The normalized spacial score (nSPS) is 15.5. The van der Waals surface area contributed by atoms with Gasteiger partial charge in [0.05, 0.1) is 6.07 Å². The maximum Gasteiger partial charge on any atom is 0.246 e. The summed E-state index contributed by atoms with van der Waals surface area (Å²) in [6.45, 7) is 0.187. The highest BCUT2D eigenvalue weighted by Gasteiger charge is 2.38. The van der Waals surface area contributed by atoms with Gasteiger partial charge in [0.25, 0.3) is 0 Å². The molecule has 0 unspecified atom stereocenters. The Balaban J connectivity index is 2.39. The van der Waals surface area contributed by atoms with E-state index in [-0.39, 0.29) is 29.1 Å². The van der Waals surface area contributed by atoms with Crippen molar-refractivity contribution in [1.29, 1.82) is 5.26 Å². The van der Waals surface area contributed by atoms with Crippen molar-refractivity contribution in [2.75, 3.05) is 6.54 Å². The lowest BCUT2D eigenvalue weighted by Gasteiger charge is -2.21. The van der Waals surface area contributed by atoms with Gasteiger partial charge in [0.1, 0.15) is 10.0 Å². The van der Waals surface area contributed by atoms with Gasteiger partial charge in [-0.3, -0.25) is 0 Å². The highest BCUT2D eigenvalue weighted by molar-refractivity contribution is 9.10. The Morgan fingerprint density at radius 3 is 2.84 bits per heavy atom. The van der Waals surface area contributed by atoms with E-state index in [2.05, 4.69) is 20.9 Å². The molecule has 102 valence electrons. The average molecular weight is 365 g/mol. The Bertz CT molecular complexity index is 625. The van der Waals surface area contributed by atoms with E-state index in [1.165, 1.54) is 16.6 Å². The predicted octanol–water partition coefficient (Wildman–Crippen LogP) is 2.56. The summed E-state index contributed by atoms with van der Waals surface area (Å²) in [5, 5.41) is 8.58. The Morgan fingerprint density at radius 1 is 1.58 bits per heavy atom. The first-order valence-electron chi connectivity index (χ1n) is 5.66. The molecule has 1 aliphatic carbocycles. The fraction of sp³-hybridized carbons (Fsp3) is 0.455. The van der Waals surface area contributed by atoms with Crippen LogP contribution in [0.25, 0.3) is 0 Å². The van der Waals surface area contributed by atoms with Gasteiger partial charge >= 0.3 is 0 Å². The summed E-state index contributed by atoms with van der Waals surface area (Å²) in [7, 11) is -3.71. The van der Waals surface area contributed by atoms with E-state index in [0.717, 1.165) is 12.8 Å². The third kappa shape index (κ3) is 3.26. The zero-order chi connectivity index (χ0) is 14.0. The summed E-state index contributed by atoms with van der Waals surface area (Å²) in [6, 6.07) is 3.38. The summed E-state index contributed by atoms with van der Waals surface area (Å²) in [4.78, 5) is 3.82. The maximum absolute atomic E-state index is 12.6. The van der Waals surface area contributed by atoms with Crippen LogP contribution in [0.3, 0.4) is 0 Å². The number of hydrogen-bond acceptors (Lipinski definition) is 4. The van der Waals surface area contributed by atoms with Crippen LogP contribution < -0.4 is 0 Å². The third-order valence-corrected chi connectivity index (χ3v) is 5.57. The van der Waals surface area contributed by atoms with Crippen LogP contribution in [0.1, 0.15) is 19.3 Å².